The average Bonchev–Trinajstić information content (AvgIpc) is 2.88. The standard InChI is InChI=1S/C16H19NO4/c1-20-12-4-2-3-10(7-12)8-15-17-13-6-5-11(16(18)19)9-14(13)21-15/h2-4,7,11,13-14H,5-6,8-9H2,1H3,(H,18,19). The zero-order chi connectivity index (χ0) is 14.8. The van der Waals surface area contributed by atoms with Crippen molar-refractivity contribution in [1.82, 2.24) is 0 Å². The van der Waals surface area contributed by atoms with Crippen molar-refractivity contribution in [3.8, 4) is 5.75 Å². The minimum absolute atomic E-state index is 0.0690. The number of nitrogens with zero attached hydrogens (tertiary/aromatic N) is 1. The minimum atomic E-state index is -0.724. The van der Waals surface area contributed by atoms with Crippen LogP contribution in [0, 0.1) is 5.92 Å². The predicted molar refractivity (Wildman–Crippen MR) is 77.8 cm³/mol. The molecule has 0 saturated heterocycles. The molecule has 21 heavy (non-hydrogen) atoms. The summed E-state index contributed by atoms with van der Waals surface area (Å²) in [6.45, 7) is 0. The average molecular weight is 289 g/mol. The van der Waals surface area contributed by atoms with Gasteiger partial charge in [0.15, 0.2) is 5.90 Å². The molecule has 3 unspecified atom stereocenters. The summed E-state index contributed by atoms with van der Waals surface area (Å²) in [5.41, 5.74) is 1.08. The Bertz CT molecular complexity index is 569. The lowest BCUT2D eigenvalue weighted by Crippen LogP contribution is -2.34. The van der Waals surface area contributed by atoms with Crippen LogP contribution >= 0.6 is 0 Å². The van der Waals surface area contributed by atoms with Gasteiger partial charge in [0.25, 0.3) is 0 Å². The van der Waals surface area contributed by atoms with E-state index in [9.17, 15) is 4.79 Å². The van der Waals surface area contributed by atoms with Gasteiger partial charge in [-0.05, 0) is 37.0 Å². The Kier molecular flexibility index (Phi) is 3.82. The summed E-state index contributed by atoms with van der Waals surface area (Å²) in [5.74, 6) is 0.509. The Morgan fingerprint density at radius 3 is 3.10 bits per heavy atom. The van der Waals surface area contributed by atoms with E-state index in [-0.39, 0.29) is 18.1 Å². The molecule has 5 heteroatoms. The molecule has 1 fully saturated rings. The second kappa shape index (κ2) is 5.76. The molecule has 0 radical (unpaired) electrons. The third-order valence-electron chi connectivity index (χ3n) is 4.19. The number of hydrogen-bond donors (Lipinski definition) is 1. The number of methoxy groups -OCH3 is 1. The number of rotatable bonds is 4. The Morgan fingerprint density at radius 1 is 1.48 bits per heavy atom. The van der Waals surface area contributed by atoms with E-state index in [1.54, 1.807) is 7.11 Å². The lowest BCUT2D eigenvalue weighted by Gasteiger charge is -2.26. The maximum absolute atomic E-state index is 11.1. The first-order valence-corrected chi connectivity index (χ1v) is 7.25. The van der Waals surface area contributed by atoms with Gasteiger partial charge in [-0.25, -0.2) is 4.99 Å². The fourth-order valence-electron chi connectivity index (χ4n) is 3.05. The molecule has 1 heterocycles. The van der Waals surface area contributed by atoms with Gasteiger partial charge in [0.2, 0.25) is 0 Å². The lowest BCUT2D eigenvalue weighted by molar-refractivity contribution is -0.143. The zero-order valence-electron chi connectivity index (χ0n) is 12.0. The first kappa shape index (κ1) is 13.9. The van der Waals surface area contributed by atoms with Gasteiger partial charge in [-0.1, -0.05) is 12.1 Å². The Hall–Kier alpha value is -2.04. The summed E-state index contributed by atoms with van der Waals surface area (Å²) < 4.78 is 11.1. The van der Waals surface area contributed by atoms with Crippen LogP contribution in [-0.2, 0) is 16.0 Å². The molecule has 2 aliphatic rings. The van der Waals surface area contributed by atoms with Gasteiger partial charge >= 0.3 is 5.97 Å². The van der Waals surface area contributed by atoms with Crippen molar-refractivity contribution in [3.05, 3.63) is 29.8 Å². The second-order valence-corrected chi connectivity index (χ2v) is 5.62. The molecule has 112 valence electrons. The minimum Gasteiger partial charge on any atom is -0.497 e. The van der Waals surface area contributed by atoms with Crippen LogP contribution in [0.4, 0.5) is 0 Å². The Balaban J connectivity index is 1.65. The Labute approximate surface area is 123 Å². The van der Waals surface area contributed by atoms with Crippen molar-refractivity contribution >= 4 is 11.9 Å². The smallest absolute Gasteiger partial charge is 0.306 e. The first-order chi connectivity index (χ1) is 10.2. The molecule has 1 aliphatic carbocycles. The van der Waals surface area contributed by atoms with Crippen LogP contribution < -0.4 is 4.74 Å². The van der Waals surface area contributed by atoms with Crippen molar-refractivity contribution in [3.63, 3.8) is 0 Å². The monoisotopic (exact) mass is 289 g/mol. The largest absolute Gasteiger partial charge is 0.497 e. The number of ether oxygens (including phenoxy) is 2. The third-order valence-corrected chi connectivity index (χ3v) is 4.19. The van der Waals surface area contributed by atoms with Gasteiger partial charge in [0, 0.05) is 6.42 Å². The molecule has 1 aromatic rings. The van der Waals surface area contributed by atoms with E-state index in [1.165, 1.54) is 0 Å². The number of aliphatic carboxylic acids is 1. The number of carbonyl (C=O) groups is 1. The van der Waals surface area contributed by atoms with Crippen LogP contribution in [0.25, 0.3) is 0 Å². The molecule has 5 nitrogen and oxygen atoms in total. The molecule has 0 spiro atoms. The van der Waals surface area contributed by atoms with Crippen molar-refractivity contribution in [2.24, 2.45) is 10.9 Å². The molecule has 1 aliphatic heterocycles. The van der Waals surface area contributed by atoms with E-state index in [2.05, 4.69) is 4.99 Å². The van der Waals surface area contributed by atoms with Gasteiger partial charge in [-0.15, -0.1) is 0 Å². The molecule has 0 aromatic heterocycles. The van der Waals surface area contributed by atoms with Gasteiger partial charge < -0.3 is 14.6 Å². The second-order valence-electron chi connectivity index (χ2n) is 5.62. The van der Waals surface area contributed by atoms with Crippen LogP contribution in [0.15, 0.2) is 29.3 Å². The Morgan fingerprint density at radius 2 is 2.33 bits per heavy atom. The molecule has 1 N–H and O–H groups in total. The van der Waals surface area contributed by atoms with Crippen LogP contribution in [0.1, 0.15) is 24.8 Å². The third kappa shape index (κ3) is 3.01. The number of carboxylic acid groups (broad SMARTS) is 1. The van der Waals surface area contributed by atoms with E-state index in [0.29, 0.717) is 25.2 Å². The van der Waals surface area contributed by atoms with Crippen LogP contribution in [-0.4, -0.2) is 36.2 Å². The molecule has 3 atom stereocenters. The van der Waals surface area contributed by atoms with Crippen LogP contribution in [0.2, 0.25) is 0 Å². The molecule has 0 bridgehead atoms. The van der Waals surface area contributed by atoms with Gasteiger partial charge in [-0.2, -0.15) is 0 Å². The predicted octanol–water partition coefficient (Wildman–Crippen LogP) is 2.29. The van der Waals surface area contributed by atoms with E-state index < -0.39 is 5.97 Å². The fourth-order valence-corrected chi connectivity index (χ4v) is 3.05. The highest BCUT2D eigenvalue weighted by atomic mass is 16.5. The van der Waals surface area contributed by atoms with Crippen LogP contribution in [0.5, 0.6) is 5.75 Å². The molecule has 1 aromatic carbocycles. The summed E-state index contributed by atoms with van der Waals surface area (Å²) >= 11 is 0. The normalized spacial score (nSPS) is 27.5. The number of aliphatic imine (C=N–C) groups is 1. The van der Waals surface area contributed by atoms with Gasteiger partial charge in [0.05, 0.1) is 19.1 Å². The van der Waals surface area contributed by atoms with Crippen molar-refractivity contribution in [2.75, 3.05) is 7.11 Å². The summed E-state index contributed by atoms with van der Waals surface area (Å²) in [7, 11) is 1.64. The molecule has 3 rings (SSSR count). The summed E-state index contributed by atoms with van der Waals surface area (Å²) in [6, 6.07) is 7.95. The van der Waals surface area contributed by atoms with E-state index >= 15 is 0 Å². The highest BCUT2D eigenvalue weighted by molar-refractivity contribution is 5.81. The summed E-state index contributed by atoms with van der Waals surface area (Å²) in [4.78, 5) is 15.7. The molecular weight excluding hydrogens is 270 g/mol. The summed E-state index contributed by atoms with van der Waals surface area (Å²) in [5, 5.41) is 9.11. The van der Waals surface area contributed by atoms with Gasteiger partial charge in [0.1, 0.15) is 11.9 Å². The van der Waals surface area contributed by atoms with E-state index in [0.717, 1.165) is 17.7 Å². The maximum atomic E-state index is 11.1. The fraction of sp³-hybridized carbons (Fsp3) is 0.500. The number of benzene rings is 1. The first-order valence-electron chi connectivity index (χ1n) is 7.25. The van der Waals surface area contributed by atoms with Crippen LogP contribution in [0.3, 0.4) is 0 Å². The van der Waals surface area contributed by atoms with Crippen molar-refractivity contribution in [1.29, 1.82) is 0 Å². The highest BCUT2D eigenvalue weighted by Crippen LogP contribution is 2.33. The number of hydrogen-bond acceptors (Lipinski definition) is 4. The quantitative estimate of drug-likeness (QED) is 0.923. The number of carboxylic acids is 1. The summed E-state index contributed by atoms with van der Waals surface area (Å²) in [6.07, 6.45) is 2.60. The lowest BCUT2D eigenvalue weighted by atomic mass is 9.84. The van der Waals surface area contributed by atoms with Crippen molar-refractivity contribution < 1.29 is 19.4 Å². The van der Waals surface area contributed by atoms with Crippen molar-refractivity contribution in [2.45, 2.75) is 37.8 Å². The number of fused-ring (bicyclic) bond motifs is 1. The molecule has 1 saturated carbocycles. The molecular formula is C16H19NO4. The highest BCUT2D eigenvalue weighted by Gasteiger charge is 2.39. The van der Waals surface area contributed by atoms with Gasteiger partial charge in [-0.3, -0.25) is 4.79 Å². The van der Waals surface area contributed by atoms with E-state index in [4.69, 9.17) is 14.6 Å². The maximum Gasteiger partial charge on any atom is 0.306 e. The topological polar surface area (TPSA) is 68.1 Å². The SMILES string of the molecule is COc1cccc(CC2=NC3CCC(C(=O)O)CC3O2)c1. The van der Waals surface area contributed by atoms with E-state index in [1.807, 2.05) is 24.3 Å². The zero-order valence-corrected chi connectivity index (χ0v) is 12.0. The molecule has 0 amide bonds.